The molecule has 0 spiro atoms. The van der Waals surface area contributed by atoms with Crippen LogP contribution in [0.4, 0.5) is 0 Å². The maximum absolute atomic E-state index is 10.3. The first-order valence-corrected chi connectivity index (χ1v) is 6.04. The molecule has 1 aromatic carbocycles. The van der Waals surface area contributed by atoms with Crippen LogP contribution in [0.15, 0.2) is 28.7 Å². The summed E-state index contributed by atoms with van der Waals surface area (Å²) in [6, 6.07) is 7.79. The van der Waals surface area contributed by atoms with Gasteiger partial charge in [-0.05, 0) is 37.6 Å². The van der Waals surface area contributed by atoms with E-state index in [1.807, 2.05) is 31.2 Å². The predicted molar refractivity (Wildman–Crippen MR) is 66.9 cm³/mol. The Kier molecular flexibility index (Phi) is 4.77. The molecule has 2 nitrogen and oxygen atoms in total. The van der Waals surface area contributed by atoms with Crippen molar-refractivity contribution in [2.24, 2.45) is 0 Å². The van der Waals surface area contributed by atoms with Crippen molar-refractivity contribution < 1.29 is 5.11 Å². The standard InChI is InChI=1S/C12H18BrNO/c1-3-7-14-9-12(2,15)10-5-4-6-11(13)8-10/h4-6,8,14-15H,3,7,9H2,1-2H3. The Morgan fingerprint density at radius 2 is 2.20 bits per heavy atom. The number of nitrogens with one attached hydrogen (secondary N) is 1. The summed E-state index contributed by atoms with van der Waals surface area (Å²) in [6.07, 6.45) is 1.08. The van der Waals surface area contributed by atoms with Gasteiger partial charge in [-0.15, -0.1) is 0 Å². The van der Waals surface area contributed by atoms with Crippen LogP contribution in [-0.4, -0.2) is 18.2 Å². The van der Waals surface area contributed by atoms with Crippen molar-refractivity contribution in [3.05, 3.63) is 34.3 Å². The van der Waals surface area contributed by atoms with Crippen molar-refractivity contribution in [3.63, 3.8) is 0 Å². The number of rotatable bonds is 5. The zero-order valence-electron chi connectivity index (χ0n) is 9.26. The maximum Gasteiger partial charge on any atom is 0.0992 e. The average Bonchev–Trinajstić information content (AvgIpc) is 2.18. The van der Waals surface area contributed by atoms with Gasteiger partial charge in [-0.3, -0.25) is 0 Å². The van der Waals surface area contributed by atoms with Crippen molar-refractivity contribution in [1.29, 1.82) is 0 Å². The van der Waals surface area contributed by atoms with E-state index in [4.69, 9.17) is 0 Å². The summed E-state index contributed by atoms with van der Waals surface area (Å²) in [6.45, 7) is 5.46. The molecule has 1 rings (SSSR count). The first kappa shape index (κ1) is 12.7. The van der Waals surface area contributed by atoms with Gasteiger partial charge in [0, 0.05) is 11.0 Å². The van der Waals surface area contributed by atoms with Gasteiger partial charge in [-0.2, -0.15) is 0 Å². The lowest BCUT2D eigenvalue weighted by molar-refractivity contribution is 0.0572. The molecule has 1 aromatic rings. The van der Waals surface area contributed by atoms with Crippen LogP contribution in [0.1, 0.15) is 25.8 Å². The Labute approximate surface area is 99.8 Å². The minimum absolute atomic E-state index is 0.581. The molecule has 0 radical (unpaired) electrons. The summed E-state index contributed by atoms with van der Waals surface area (Å²) in [4.78, 5) is 0. The Hall–Kier alpha value is -0.380. The predicted octanol–water partition coefficient (Wildman–Crippen LogP) is 2.66. The van der Waals surface area contributed by atoms with Crippen molar-refractivity contribution in [1.82, 2.24) is 5.32 Å². The molecule has 3 heteroatoms. The summed E-state index contributed by atoms with van der Waals surface area (Å²) < 4.78 is 0.996. The van der Waals surface area contributed by atoms with Crippen LogP contribution in [0.5, 0.6) is 0 Å². The van der Waals surface area contributed by atoms with Crippen LogP contribution in [-0.2, 0) is 5.60 Å². The lowest BCUT2D eigenvalue weighted by atomic mass is 9.96. The fourth-order valence-corrected chi connectivity index (χ4v) is 1.83. The van der Waals surface area contributed by atoms with Crippen LogP contribution >= 0.6 is 15.9 Å². The van der Waals surface area contributed by atoms with Crippen LogP contribution in [0.3, 0.4) is 0 Å². The summed E-state index contributed by atoms with van der Waals surface area (Å²) in [7, 11) is 0. The van der Waals surface area contributed by atoms with E-state index in [0.717, 1.165) is 23.0 Å². The van der Waals surface area contributed by atoms with E-state index in [2.05, 4.69) is 28.2 Å². The second-order valence-corrected chi connectivity index (χ2v) is 4.88. The summed E-state index contributed by atoms with van der Waals surface area (Å²) in [5, 5.41) is 13.5. The Morgan fingerprint density at radius 1 is 1.47 bits per heavy atom. The van der Waals surface area contributed by atoms with E-state index in [0.29, 0.717) is 6.54 Å². The molecular formula is C12H18BrNO. The van der Waals surface area contributed by atoms with Gasteiger partial charge in [0.1, 0.15) is 0 Å². The molecule has 1 unspecified atom stereocenters. The number of benzene rings is 1. The molecule has 2 N–H and O–H groups in total. The molecule has 0 aliphatic heterocycles. The van der Waals surface area contributed by atoms with Crippen molar-refractivity contribution in [2.75, 3.05) is 13.1 Å². The third-order valence-electron chi connectivity index (χ3n) is 2.34. The lowest BCUT2D eigenvalue weighted by Gasteiger charge is -2.24. The second-order valence-electron chi connectivity index (χ2n) is 3.96. The average molecular weight is 272 g/mol. The van der Waals surface area contributed by atoms with Crippen LogP contribution in [0, 0.1) is 0 Å². The van der Waals surface area contributed by atoms with Gasteiger partial charge >= 0.3 is 0 Å². The van der Waals surface area contributed by atoms with Gasteiger partial charge in [0.25, 0.3) is 0 Å². The molecule has 0 aromatic heterocycles. The molecular weight excluding hydrogens is 254 g/mol. The highest BCUT2D eigenvalue weighted by molar-refractivity contribution is 9.10. The van der Waals surface area contributed by atoms with Crippen molar-refractivity contribution in [3.8, 4) is 0 Å². The minimum Gasteiger partial charge on any atom is -0.384 e. The fourth-order valence-electron chi connectivity index (χ4n) is 1.43. The summed E-state index contributed by atoms with van der Waals surface area (Å²) >= 11 is 3.40. The number of hydrogen-bond acceptors (Lipinski definition) is 2. The summed E-state index contributed by atoms with van der Waals surface area (Å²) in [5.74, 6) is 0. The largest absolute Gasteiger partial charge is 0.384 e. The molecule has 84 valence electrons. The normalized spacial score (nSPS) is 14.9. The molecule has 0 saturated carbocycles. The third-order valence-corrected chi connectivity index (χ3v) is 2.84. The molecule has 0 aliphatic carbocycles. The maximum atomic E-state index is 10.3. The minimum atomic E-state index is -0.807. The van der Waals surface area contributed by atoms with Crippen molar-refractivity contribution >= 4 is 15.9 Å². The molecule has 15 heavy (non-hydrogen) atoms. The lowest BCUT2D eigenvalue weighted by Crippen LogP contribution is -2.35. The quantitative estimate of drug-likeness (QED) is 0.808. The van der Waals surface area contributed by atoms with Gasteiger partial charge in [0.2, 0.25) is 0 Å². The molecule has 0 bridgehead atoms. The number of hydrogen-bond donors (Lipinski definition) is 2. The van der Waals surface area contributed by atoms with Gasteiger partial charge in [-0.1, -0.05) is 35.0 Å². The topological polar surface area (TPSA) is 32.3 Å². The SMILES string of the molecule is CCCNCC(C)(O)c1cccc(Br)c1. The van der Waals surface area contributed by atoms with E-state index in [9.17, 15) is 5.11 Å². The first-order chi connectivity index (χ1) is 7.06. The number of aliphatic hydroxyl groups is 1. The molecule has 0 saturated heterocycles. The highest BCUT2D eigenvalue weighted by atomic mass is 79.9. The first-order valence-electron chi connectivity index (χ1n) is 5.25. The van der Waals surface area contributed by atoms with Crippen LogP contribution < -0.4 is 5.32 Å². The second kappa shape index (κ2) is 5.64. The third kappa shape index (κ3) is 3.93. The molecule has 0 amide bonds. The highest BCUT2D eigenvalue weighted by Crippen LogP contribution is 2.22. The molecule has 1 atom stereocenters. The van der Waals surface area contributed by atoms with Gasteiger partial charge in [0.15, 0.2) is 0 Å². The van der Waals surface area contributed by atoms with Gasteiger partial charge in [0.05, 0.1) is 5.60 Å². The number of halogens is 1. The Balaban J connectivity index is 2.67. The summed E-state index contributed by atoms with van der Waals surface area (Å²) in [5.41, 5.74) is 0.124. The fraction of sp³-hybridized carbons (Fsp3) is 0.500. The molecule has 0 fully saturated rings. The van der Waals surface area contributed by atoms with Crippen molar-refractivity contribution in [2.45, 2.75) is 25.9 Å². The van der Waals surface area contributed by atoms with Crippen LogP contribution in [0.2, 0.25) is 0 Å². The van der Waals surface area contributed by atoms with Gasteiger partial charge < -0.3 is 10.4 Å². The van der Waals surface area contributed by atoms with E-state index < -0.39 is 5.60 Å². The zero-order chi connectivity index (χ0) is 11.3. The Bertz CT molecular complexity index is 312. The van der Waals surface area contributed by atoms with Gasteiger partial charge in [-0.25, -0.2) is 0 Å². The van der Waals surface area contributed by atoms with E-state index in [1.165, 1.54) is 0 Å². The van der Waals surface area contributed by atoms with E-state index in [1.54, 1.807) is 0 Å². The van der Waals surface area contributed by atoms with E-state index in [-0.39, 0.29) is 0 Å². The zero-order valence-corrected chi connectivity index (χ0v) is 10.8. The van der Waals surface area contributed by atoms with E-state index >= 15 is 0 Å². The Morgan fingerprint density at radius 3 is 2.80 bits per heavy atom. The molecule has 0 aliphatic rings. The highest BCUT2D eigenvalue weighted by Gasteiger charge is 2.22. The van der Waals surface area contributed by atoms with Crippen LogP contribution in [0.25, 0.3) is 0 Å². The molecule has 0 heterocycles. The monoisotopic (exact) mass is 271 g/mol. The smallest absolute Gasteiger partial charge is 0.0992 e.